The summed E-state index contributed by atoms with van der Waals surface area (Å²) in [6, 6.07) is 5.25. The number of nitrogens with zero attached hydrogens (tertiary/aromatic N) is 1. The largest absolute Gasteiger partial charge is 0.573 e. The molecular formula is C16H16F3N3O3S. The molecule has 0 saturated carbocycles. The Hall–Kier alpha value is -2.33. The molecule has 6 nitrogen and oxygen atoms in total. The lowest BCUT2D eigenvalue weighted by atomic mass is 10.2. The Kier molecular flexibility index (Phi) is 5.62. The summed E-state index contributed by atoms with van der Waals surface area (Å²) in [5, 5.41) is 7.77. The topological polar surface area (TPSA) is 72.5 Å². The molecule has 0 spiro atoms. The predicted molar refractivity (Wildman–Crippen MR) is 89.8 cm³/mol. The molecule has 140 valence electrons. The Balaban J connectivity index is 1.53. The van der Waals surface area contributed by atoms with Crippen molar-refractivity contribution < 1.29 is 27.4 Å². The molecule has 1 aliphatic heterocycles. The van der Waals surface area contributed by atoms with Gasteiger partial charge >= 0.3 is 6.36 Å². The number of aromatic nitrogens is 1. The number of benzene rings is 1. The zero-order chi connectivity index (χ0) is 18.6. The minimum Gasteiger partial charge on any atom is -0.406 e. The van der Waals surface area contributed by atoms with Gasteiger partial charge in [-0.3, -0.25) is 4.79 Å². The molecule has 1 saturated heterocycles. The molecule has 2 heterocycles. The van der Waals surface area contributed by atoms with E-state index in [0.717, 1.165) is 19.4 Å². The van der Waals surface area contributed by atoms with E-state index in [1.54, 1.807) is 5.38 Å². The number of carbonyl (C=O) groups excluding carboxylic acids is 1. The lowest BCUT2D eigenvalue weighted by molar-refractivity contribution is -0.274. The smallest absolute Gasteiger partial charge is 0.406 e. The van der Waals surface area contributed by atoms with Crippen molar-refractivity contribution in [3.8, 4) is 5.75 Å². The maximum Gasteiger partial charge on any atom is 0.573 e. The highest BCUT2D eigenvalue weighted by Crippen LogP contribution is 2.26. The van der Waals surface area contributed by atoms with E-state index in [-0.39, 0.29) is 23.5 Å². The van der Waals surface area contributed by atoms with E-state index >= 15 is 0 Å². The van der Waals surface area contributed by atoms with Crippen molar-refractivity contribution >= 4 is 28.1 Å². The Labute approximate surface area is 151 Å². The van der Waals surface area contributed by atoms with Gasteiger partial charge in [-0.15, -0.1) is 24.5 Å². The molecule has 2 N–H and O–H groups in total. The van der Waals surface area contributed by atoms with Gasteiger partial charge in [-0.1, -0.05) is 0 Å². The van der Waals surface area contributed by atoms with Gasteiger partial charge in [0, 0.05) is 24.2 Å². The first-order valence-electron chi connectivity index (χ1n) is 7.87. The molecule has 1 aromatic carbocycles. The fourth-order valence-corrected chi connectivity index (χ4v) is 3.11. The molecule has 0 bridgehead atoms. The van der Waals surface area contributed by atoms with Crippen LogP contribution in [-0.2, 0) is 4.74 Å². The fourth-order valence-electron chi connectivity index (χ4n) is 2.40. The second-order valence-electron chi connectivity index (χ2n) is 5.58. The number of rotatable bonds is 6. The van der Waals surface area contributed by atoms with Gasteiger partial charge in [0.25, 0.3) is 5.91 Å². The number of hydrogen-bond acceptors (Lipinski definition) is 6. The number of thiazole rings is 1. The first-order valence-corrected chi connectivity index (χ1v) is 8.75. The van der Waals surface area contributed by atoms with E-state index in [0.29, 0.717) is 17.4 Å². The quantitative estimate of drug-likeness (QED) is 0.791. The summed E-state index contributed by atoms with van der Waals surface area (Å²) in [6.07, 6.45) is -2.75. The van der Waals surface area contributed by atoms with Crippen LogP contribution in [0.4, 0.5) is 24.0 Å². The molecule has 10 heteroatoms. The monoisotopic (exact) mass is 387 g/mol. The second kappa shape index (κ2) is 7.92. The Morgan fingerprint density at radius 3 is 2.77 bits per heavy atom. The van der Waals surface area contributed by atoms with Crippen molar-refractivity contribution in [1.29, 1.82) is 0 Å². The average molecular weight is 387 g/mol. The van der Waals surface area contributed by atoms with Crippen LogP contribution in [0.15, 0.2) is 29.6 Å². The van der Waals surface area contributed by atoms with Crippen LogP contribution in [0.25, 0.3) is 0 Å². The highest BCUT2D eigenvalue weighted by atomic mass is 32.1. The van der Waals surface area contributed by atoms with Gasteiger partial charge in [0.1, 0.15) is 11.4 Å². The maximum absolute atomic E-state index is 12.1. The van der Waals surface area contributed by atoms with Gasteiger partial charge < -0.3 is 20.1 Å². The third-order valence-corrected chi connectivity index (χ3v) is 4.35. The van der Waals surface area contributed by atoms with Crippen LogP contribution in [0, 0.1) is 0 Å². The average Bonchev–Trinajstić information content (AvgIpc) is 3.25. The first-order chi connectivity index (χ1) is 12.4. The SMILES string of the molecule is O=C(NC[C@@H]1CCCO1)c1csc(Nc2ccc(OC(F)(F)F)cc2)n1. The fraction of sp³-hybridized carbons (Fsp3) is 0.375. The van der Waals surface area contributed by atoms with Gasteiger partial charge in [0.05, 0.1) is 6.10 Å². The van der Waals surface area contributed by atoms with E-state index in [1.807, 2.05) is 0 Å². The zero-order valence-electron chi connectivity index (χ0n) is 13.5. The lowest BCUT2D eigenvalue weighted by Gasteiger charge is -2.10. The van der Waals surface area contributed by atoms with Crippen molar-refractivity contribution in [3.63, 3.8) is 0 Å². The van der Waals surface area contributed by atoms with E-state index in [4.69, 9.17) is 4.74 Å². The number of alkyl halides is 3. The molecule has 2 aromatic rings. The molecule has 1 fully saturated rings. The summed E-state index contributed by atoms with van der Waals surface area (Å²) < 4.78 is 45.7. The van der Waals surface area contributed by atoms with Gasteiger partial charge in [-0.05, 0) is 37.1 Å². The zero-order valence-corrected chi connectivity index (χ0v) is 14.3. The minimum atomic E-state index is -4.73. The Morgan fingerprint density at radius 2 is 2.12 bits per heavy atom. The van der Waals surface area contributed by atoms with E-state index < -0.39 is 6.36 Å². The van der Waals surface area contributed by atoms with Gasteiger partial charge in [-0.25, -0.2) is 4.98 Å². The van der Waals surface area contributed by atoms with Gasteiger partial charge in [-0.2, -0.15) is 0 Å². The summed E-state index contributed by atoms with van der Waals surface area (Å²) in [7, 11) is 0. The lowest BCUT2D eigenvalue weighted by Crippen LogP contribution is -2.31. The Morgan fingerprint density at radius 1 is 1.35 bits per heavy atom. The molecule has 1 aromatic heterocycles. The predicted octanol–water partition coefficient (Wildman–Crippen LogP) is 3.69. The van der Waals surface area contributed by atoms with Crippen LogP contribution < -0.4 is 15.4 Å². The highest BCUT2D eigenvalue weighted by molar-refractivity contribution is 7.14. The summed E-state index contributed by atoms with van der Waals surface area (Å²) >= 11 is 1.22. The van der Waals surface area contributed by atoms with E-state index in [2.05, 4.69) is 20.4 Å². The van der Waals surface area contributed by atoms with Crippen LogP contribution in [0.5, 0.6) is 5.75 Å². The van der Waals surface area contributed by atoms with Crippen LogP contribution in [-0.4, -0.2) is 36.5 Å². The minimum absolute atomic E-state index is 0.0487. The number of hydrogen-bond donors (Lipinski definition) is 2. The van der Waals surface area contributed by atoms with Crippen molar-refractivity contribution in [2.24, 2.45) is 0 Å². The van der Waals surface area contributed by atoms with Crippen LogP contribution in [0.3, 0.4) is 0 Å². The standard InChI is InChI=1S/C16H16F3N3O3S/c17-16(18,19)25-11-5-3-10(4-6-11)21-15-22-13(9-26-15)14(23)20-8-12-2-1-7-24-12/h3-6,9,12H,1-2,7-8H2,(H,20,23)(H,21,22)/t12-/m0/s1. The molecule has 1 amide bonds. The molecule has 3 rings (SSSR count). The number of nitrogens with one attached hydrogen (secondary N) is 2. The van der Waals surface area contributed by atoms with E-state index in [9.17, 15) is 18.0 Å². The van der Waals surface area contributed by atoms with Crippen molar-refractivity contribution in [2.45, 2.75) is 25.3 Å². The molecule has 0 unspecified atom stereocenters. The maximum atomic E-state index is 12.1. The van der Waals surface area contributed by atoms with Crippen LogP contribution in [0.1, 0.15) is 23.3 Å². The first kappa shape index (κ1) is 18.5. The second-order valence-corrected chi connectivity index (χ2v) is 6.44. The van der Waals surface area contributed by atoms with Crippen LogP contribution >= 0.6 is 11.3 Å². The molecule has 0 aliphatic carbocycles. The highest BCUT2D eigenvalue weighted by Gasteiger charge is 2.30. The molecular weight excluding hydrogens is 371 g/mol. The van der Waals surface area contributed by atoms with E-state index in [1.165, 1.54) is 35.6 Å². The van der Waals surface area contributed by atoms with Crippen molar-refractivity contribution in [3.05, 3.63) is 35.3 Å². The molecule has 1 aliphatic rings. The summed E-state index contributed by atoms with van der Waals surface area (Å²) in [5.41, 5.74) is 0.799. The summed E-state index contributed by atoms with van der Waals surface area (Å²) in [5.74, 6) is -0.602. The summed E-state index contributed by atoms with van der Waals surface area (Å²) in [6.45, 7) is 1.16. The Bertz CT molecular complexity index is 743. The number of carbonyl (C=O) groups is 1. The summed E-state index contributed by atoms with van der Waals surface area (Å²) in [4.78, 5) is 16.2. The van der Waals surface area contributed by atoms with Crippen LogP contribution in [0.2, 0.25) is 0 Å². The number of amides is 1. The number of ether oxygens (including phenoxy) is 2. The molecule has 26 heavy (non-hydrogen) atoms. The van der Waals surface area contributed by atoms with Crippen molar-refractivity contribution in [2.75, 3.05) is 18.5 Å². The third kappa shape index (κ3) is 5.33. The number of halogens is 3. The molecule has 1 atom stereocenters. The number of anilines is 2. The van der Waals surface area contributed by atoms with Gasteiger partial charge in [0.15, 0.2) is 5.13 Å². The third-order valence-electron chi connectivity index (χ3n) is 3.59. The van der Waals surface area contributed by atoms with Gasteiger partial charge in [0.2, 0.25) is 0 Å². The normalized spacial score (nSPS) is 17.1. The van der Waals surface area contributed by atoms with Crippen molar-refractivity contribution in [1.82, 2.24) is 10.3 Å². The molecule has 0 radical (unpaired) electrons.